The second-order valence-corrected chi connectivity index (χ2v) is 4.76. The number of benzene rings is 2. The van der Waals surface area contributed by atoms with Crippen LogP contribution in [0.5, 0.6) is 5.75 Å². The Labute approximate surface area is 139 Å². The van der Waals surface area contributed by atoms with Gasteiger partial charge in [0.1, 0.15) is 17.4 Å². The van der Waals surface area contributed by atoms with E-state index in [1.165, 1.54) is 24.3 Å². The van der Waals surface area contributed by atoms with Crippen LogP contribution in [0.2, 0.25) is 0 Å². The van der Waals surface area contributed by atoms with E-state index in [2.05, 4.69) is 15.4 Å². The van der Waals surface area contributed by atoms with Crippen LogP contribution in [0.25, 0.3) is 0 Å². The number of rotatable bonds is 6. The molecule has 0 unspecified atom stereocenters. The second kappa shape index (κ2) is 8.13. The first-order valence-electron chi connectivity index (χ1n) is 6.93. The highest BCUT2D eigenvalue weighted by Crippen LogP contribution is 2.15. The van der Waals surface area contributed by atoms with Gasteiger partial charge in [-0.3, -0.25) is 9.59 Å². The van der Waals surface area contributed by atoms with Gasteiger partial charge in [0, 0.05) is 11.6 Å². The third-order valence-corrected chi connectivity index (χ3v) is 2.96. The lowest BCUT2D eigenvalue weighted by molar-refractivity contribution is -0.115. The van der Waals surface area contributed by atoms with Crippen LogP contribution in [0, 0.1) is 11.6 Å². The Hall–Kier alpha value is -3.10. The molecule has 0 radical (unpaired) electrons. The molecule has 2 rings (SSSR count). The summed E-state index contributed by atoms with van der Waals surface area (Å²) in [6.45, 7) is -3.44. The molecule has 25 heavy (non-hydrogen) atoms. The van der Waals surface area contributed by atoms with Gasteiger partial charge >= 0.3 is 6.61 Å². The Bertz CT molecular complexity index is 766. The summed E-state index contributed by atoms with van der Waals surface area (Å²) < 4.78 is 54.4. The summed E-state index contributed by atoms with van der Waals surface area (Å²) in [6, 6.07) is 7.46. The smallest absolute Gasteiger partial charge is 0.387 e. The lowest BCUT2D eigenvalue weighted by Gasteiger charge is -2.08. The zero-order valence-electron chi connectivity index (χ0n) is 12.6. The Morgan fingerprint density at radius 2 is 1.72 bits per heavy atom. The third kappa shape index (κ3) is 5.48. The van der Waals surface area contributed by atoms with Gasteiger partial charge in [-0.2, -0.15) is 8.78 Å². The average molecular weight is 356 g/mol. The van der Waals surface area contributed by atoms with E-state index in [0.29, 0.717) is 6.07 Å². The van der Waals surface area contributed by atoms with E-state index in [9.17, 15) is 27.2 Å². The van der Waals surface area contributed by atoms with E-state index in [0.717, 1.165) is 12.1 Å². The summed E-state index contributed by atoms with van der Waals surface area (Å²) in [6.07, 6.45) is 0. The molecule has 0 aliphatic carbocycles. The Balaban J connectivity index is 1.87. The molecule has 5 nitrogen and oxygen atoms in total. The normalized spacial score (nSPS) is 10.4. The van der Waals surface area contributed by atoms with Crippen molar-refractivity contribution < 1.29 is 31.9 Å². The van der Waals surface area contributed by atoms with Crippen LogP contribution >= 0.6 is 0 Å². The molecule has 0 fully saturated rings. The average Bonchev–Trinajstić information content (AvgIpc) is 2.55. The minimum absolute atomic E-state index is 0.113. The van der Waals surface area contributed by atoms with Gasteiger partial charge in [-0.15, -0.1) is 0 Å². The van der Waals surface area contributed by atoms with Crippen molar-refractivity contribution in [3.8, 4) is 5.75 Å². The maximum absolute atomic E-state index is 13.4. The van der Waals surface area contributed by atoms with Crippen LogP contribution in [0.3, 0.4) is 0 Å². The first-order valence-corrected chi connectivity index (χ1v) is 6.93. The van der Waals surface area contributed by atoms with Gasteiger partial charge in [-0.05, 0) is 36.4 Å². The molecule has 0 saturated heterocycles. The minimum atomic E-state index is -2.98. The van der Waals surface area contributed by atoms with Crippen LogP contribution in [0.1, 0.15) is 10.4 Å². The molecule has 0 aliphatic rings. The first kappa shape index (κ1) is 18.2. The Morgan fingerprint density at radius 3 is 2.32 bits per heavy atom. The fraction of sp³-hybridized carbons (Fsp3) is 0.125. The fourth-order valence-corrected chi connectivity index (χ4v) is 1.84. The van der Waals surface area contributed by atoms with Crippen LogP contribution in [-0.4, -0.2) is 25.0 Å². The van der Waals surface area contributed by atoms with Crippen molar-refractivity contribution in [3.05, 3.63) is 59.7 Å². The van der Waals surface area contributed by atoms with Crippen molar-refractivity contribution in [2.75, 3.05) is 11.9 Å². The highest BCUT2D eigenvalue weighted by Gasteiger charge is 2.11. The molecule has 0 saturated carbocycles. The van der Waals surface area contributed by atoms with Crippen molar-refractivity contribution in [1.82, 2.24) is 5.32 Å². The molecule has 0 aromatic heterocycles. The van der Waals surface area contributed by atoms with Gasteiger partial charge in [0.15, 0.2) is 0 Å². The van der Waals surface area contributed by atoms with Gasteiger partial charge in [-0.1, -0.05) is 0 Å². The van der Waals surface area contributed by atoms with E-state index in [4.69, 9.17) is 0 Å². The minimum Gasteiger partial charge on any atom is -0.435 e. The molecule has 0 heterocycles. The van der Waals surface area contributed by atoms with Crippen molar-refractivity contribution >= 4 is 17.5 Å². The van der Waals surface area contributed by atoms with Crippen LogP contribution < -0.4 is 15.4 Å². The predicted molar refractivity (Wildman–Crippen MR) is 80.4 cm³/mol. The number of amides is 2. The lowest BCUT2D eigenvalue weighted by Crippen LogP contribution is -2.33. The predicted octanol–water partition coefficient (Wildman–Crippen LogP) is 2.93. The van der Waals surface area contributed by atoms with Crippen LogP contribution in [0.15, 0.2) is 42.5 Å². The molecular formula is C16H12F4N2O3. The van der Waals surface area contributed by atoms with Crippen molar-refractivity contribution in [2.45, 2.75) is 6.61 Å². The van der Waals surface area contributed by atoms with Gasteiger partial charge in [0.25, 0.3) is 5.91 Å². The number of hydrogen-bond donors (Lipinski definition) is 2. The number of nitrogens with one attached hydrogen (secondary N) is 2. The molecule has 2 amide bonds. The zero-order valence-corrected chi connectivity index (χ0v) is 12.6. The number of alkyl halides is 2. The molecule has 0 aliphatic heterocycles. The SMILES string of the molecule is O=C(CNC(=O)c1ccc(OC(F)F)cc1)Nc1ccc(F)cc1F. The number of anilines is 1. The molecule has 2 aromatic rings. The fourth-order valence-electron chi connectivity index (χ4n) is 1.84. The molecule has 0 atom stereocenters. The molecule has 2 aromatic carbocycles. The summed E-state index contributed by atoms with van der Waals surface area (Å²) in [4.78, 5) is 23.5. The quantitative estimate of drug-likeness (QED) is 0.782. The maximum Gasteiger partial charge on any atom is 0.387 e. The van der Waals surface area contributed by atoms with Gasteiger partial charge < -0.3 is 15.4 Å². The standard InChI is InChI=1S/C16H12F4N2O3/c17-10-3-6-13(12(18)7-10)22-14(23)8-21-15(24)9-1-4-11(5-2-9)25-16(19)20/h1-7,16H,8H2,(H,21,24)(H,22,23). The third-order valence-electron chi connectivity index (χ3n) is 2.96. The largest absolute Gasteiger partial charge is 0.435 e. The molecule has 2 N–H and O–H groups in total. The highest BCUT2D eigenvalue weighted by molar-refractivity contribution is 5.99. The van der Waals surface area contributed by atoms with Gasteiger partial charge in [0.2, 0.25) is 5.91 Å². The molecule has 9 heteroatoms. The highest BCUT2D eigenvalue weighted by atomic mass is 19.3. The second-order valence-electron chi connectivity index (χ2n) is 4.76. The van der Waals surface area contributed by atoms with Crippen molar-refractivity contribution in [2.24, 2.45) is 0 Å². The van der Waals surface area contributed by atoms with E-state index < -0.39 is 36.6 Å². The number of hydrogen-bond acceptors (Lipinski definition) is 3. The van der Waals surface area contributed by atoms with E-state index in [1.807, 2.05) is 0 Å². The Kier molecular flexibility index (Phi) is 5.93. The van der Waals surface area contributed by atoms with Crippen LogP contribution in [-0.2, 0) is 4.79 Å². The van der Waals surface area contributed by atoms with Gasteiger partial charge in [0.05, 0.1) is 12.2 Å². The van der Waals surface area contributed by atoms with Crippen LogP contribution in [0.4, 0.5) is 23.2 Å². The topological polar surface area (TPSA) is 67.4 Å². The molecular weight excluding hydrogens is 344 g/mol. The monoisotopic (exact) mass is 356 g/mol. The first-order chi connectivity index (χ1) is 11.8. The Morgan fingerprint density at radius 1 is 1.04 bits per heavy atom. The summed E-state index contributed by atoms with van der Waals surface area (Å²) in [5.41, 5.74) is -0.114. The molecule has 132 valence electrons. The van der Waals surface area contributed by atoms with Gasteiger partial charge in [-0.25, -0.2) is 8.78 Å². The number of carbonyl (C=O) groups is 2. The number of carbonyl (C=O) groups excluding carboxylic acids is 2. The summed E-state index contributed by atoms with van der Waals surface area (Å²) in [5.74, 6) is -3.22. The zero-order chi connectivity index (χ0) is 18.4. The van der Waals surface area contributed by atoms with E-state index >= 15 is 0 Å². The summed E-state index contributed by atoms with van der Waals surface area (Å²) >= 11 is 0. The van der Waals surface area contributed by atoms with E-state index in [1.54, 1.807) is 0 Å². The summed E-state index contributed by atoms with van der Waals surface area (Å²) in [5, 5.41) is 4.45. The summed E-state index contributed by atoms with van der Waals surface area (Å²) in [7, 11) is 0. The molecule has 0 bridgehead atoms. The maximum atomic E-state index is 13.4. The lowest BCUT2D eigenvalue weighted by atomic mass is 10.2. The number of ether oxygens (including phenoxy) is 1. The van der Waals surface area contributed by atoms with Crippen molar-refractivity contribution in [3.63, 3.8) is 0 Å². The number of halogens is 4. The van der Waals surface area contributed by atoms with E-state index in [-0.39, 0.29) is 17.0 Å². The van der Waals surface area contributed by atoms with Crippen molar-refractivity contribution in [1.29, 1.82) is 0 Å². The molecule has 0 spiro atoms.